The Morgan fingerprint density at radius 1 is 1.33 bits per heavy atom. The first-order valence-corrected chi connectivity index (χ1v) is 6.58. The van der Waals surface area contributed by atoms with Gasteiger partial charge >= 0.3 is 5.97 Å². The zero-order valence-corrected chi connectivity index (χ0v) is 10.5. The molecule has 0 saturated carbocycles. The van der Waals surface area contributed by atoms with Crippen LogP contribution < -0.4 is 10.2 Å². The molecule has 8 heteroatoms. The number of carbonyl (C=O) groups excluding carboxylic acids is 1. The molecule has 0 unspecified atom stereocenters. The molecule has 0 spiro atoms. The Balaban J connectivity index is 2.73. The maximum Gasteiger partial charge on any atom is 0.329 e. The summed E-state index contributed by atoms with van der Waals surface area (Å²) in [5.74, 6) is -0.503. The van der Waals surface area contributed by atoms with Crippen molar-refractivity contribution in [2.24, 2.45) is 0 Å². The summed E-state index contributed by atoms with van der Waals surface area (Å²) in [7, 11) is -3.62. The molecule has 0 amide bonds. The highest BCUT2D eigenvalue weighted by Gasteiger charge is 2.12. The number of aliphatic hydroxyl groups is 1. The van der Waals surface area contributed by atoms with Gasteiger partial charge in [-0.05, 0) is 24.3 Å². The molecule has 0 heterocycles. The molecule has 0 aromatic heterocycles. The summed E-state index contributed by atoms with van der Waals surface area (Å²) in [4.78, 5) is 15.1. The second-order valence-corrected chi connectivity index (χ2v) is 5.11. The first-order valence-electron chi connectivity index (χ1n) is 5.10. The second kappa shape index (κ2) is 6.34. The fourth-order valence-electron chi connectivity index (χ4n) is 1.10. The van der Waals surface area contributed by atoms with Gasteiger partial charge in [-0.1, -0.05) is 0 Å². The van der Waals surface area contributed by atoms with E-state index < -0.39 is 16.0 Å². The topological polar surface area (TPSA) is 105 Å². The third-order valence-corrected chi connectivity index (χ3v) is 3.36. The molecule has 0 saturated heterocycles. The number of sulfonamides is 1. The van der Waals surface area contributed by atoms with Crippen LogP contribution in [0.3, 0.4) is 0 Å². The number of nitrogens with one attached hydrogen (secondary N) is 2. The first-order chi connectivity index (χ1) is 8.45. The van der Waals surface area contributed by atoms with E-state index in [0.717, 1.165) is 0 Å². The van der Waals surface area contributed by atoms with E-state index in [0.29, 0.717) is 5.69 Å². The Labute approximate surface area is 105 Å². The van der Waals surface area contributed by atoms with Crippen LogP contribution in [0.2, 0.25) is 0 Å². The first kappa shape index (κ1) is 14.4. The van der Waals surface area contributed by atoms with Gasteiger partial charge in [-0.25, -0.2) is 18.6 Å². The summed E-state index contributed by atoms with van der Waals surface area (Å²) in [6, 6.07) is 5.62. The molecule has 0 aliphatic rings. The van der Waals surface area contributed by atoms with Crippen LogP contribution >= 0.6 is 0 Å². The van der Waals surface area contributed by atoms with Crippen LogP contribution in [0, 0.1) is 0 Å². The van der Waals surface area contributed by atoms with Crippen LogP contribution in [0.25, 0.3) is 0 Å². The Morgan fingerprint density at radius 2 is 1.94 bits per heavy atom. The van der Waals surface area contributed by atoms with Crippen molar-refractivity contribution in [1.82, 2.24) is 4.72 Å². The monoisotopic (exact) mass is 274 g/mol. The maximum atomic E-state index is 11.6. The number of hydrogen-bond donors (Lipinski definition) is 3. The summed E-state index contributed by atoms with van der Waals surface area (Å²) in [6.45, 7) is 0.922. The third-order valence-electron chi connectivity index (χ3n) is 1.88. The van der Waals surface area contributed by atoms with Crippen LogP contribution in [0.5, 0.6) is 0 Å². The molecule has 0 bridgehead atoms. The Morgan fingerprint density at radius 3 is 2.44 bits per heavy atom. The van der Waals surface area contributed by atoms with Gasteiger partial charge < -0.3 is 9.94 Å². The molecular weight excluding hydrogens is 260 g/mol. The second-order valence-electron chi connectivity index (χ2n) is 3.34. The minimum Gasteiger partial charge on any atom is -0.395 e. The third kappa shape index (κ3) is 4.32. The fourth-order valence-corrected chi connectivity index (χ4v) is 2.12. The highest BCUT2D eigenvalue weighted by atomic mass is 32.2. The minimum atomic E-state index is -3.62. The van der Waals surface area contributed by atoms with Gasteiger partial charge in [0, 0.05) is 13.5 Å². The van der Waals surface area contributed by atoms with Crippen molar-refractivity contribution < 1.29 is 23.2 Å². The Bertz CT molecular complexity index is 498. The molecular formula is C10H14N2O5S. The zero-order valence-electron chi connectivity index (χ0n) is 9.71. The lowest BCUT2D eigenvalue weighted by atomic mass is 10.3. The molecule has 1 rings (SSSR count). The van der Waals surface area contributed by atoms with Crippen molar-refractivity contribution in [2.75, 3.05) is 18.6 Å². The zero-order chi connectivity index (χ0) is 13.6. The van der Waals surface area contributed by atoms with Crippen molar-refractivity contribution >= 4 is 21.7 Å². The Hall–Kier alpha value is -1.64. The van der Waals surface area contributed by atoms with Gasteiger partial charge in [-0.3, -0.25) is 4.79 Å². The largest absolute Gasteiger partial charge is 0.395 e. The van der Waals surface area contributed by atoms with Gasteiger partial charge in [0.1, 0.15) is 0 Å². The van der Waals surface area contributed by atoms with Crippen molar-refractivity contribution in [3.05, 3.63) is 24.3 Å². The van der Waals surface area contributed by atoms with Crippen LogP contribution in [0.4, 0.5) is 5.69 Å². The average molecular weight is 274 g/mol. The van der Waals surface area contributed by atoms with E-state index in [9.17, 15) is 13.2 Å². The summed E-state index contributed by atoms with van der Waals surface area (Å²) in [5.41, 5.74) is 2.81. The predicted molar refractivity (Wildman–Crippen MR) is 64.1 cm³/mol. The van der Waals surface area contributed by atoms with Crippen molar-refractivity contribution in [3.8, 4) is 0 Å². The Kier molecular flexibility index (Phi) is 5.08. The lowest BCUT2D eigenvalue weighted by Crippen LogP contribution is -2.26. The van der Waals surface area contributed by atoms with Crippen molar-refractivity contribution in [1.29, 1.82) is 0 Å². The molecule has 0 fully saturated rings. The predicted octanol–water partition coefficient (Wildman–Crippen LogP) is -0.153. The molecule has 0 aliphatic heterocycles. The van der Waals surface area contributed by atoms with E-state index >= 15 is 0 Å². The maximum absolute atomic E-state index is 11.6. The summed E-state index contributed by atoms with van der Waals surface area (Å²) >= 11 is 0. The molecule has 3 N–H and O–H groups in total. The summed E-state index contributed by atoms with van der Waals surface area (Å²) in [5, 5.41) is 8.56. The van der Waals surface area contributed by atoms with Gasteiger partial charge in [-0.2, -0.15) is 0 Å². The van der Waals surface area contributed by atoms with E-state index in [-0.39, 0.29) is 18.0 Å². The number of aliphatic hydroxyl groups excluding tert-OH is 1. The van der Waals surface area contributed by atoms with Crippen LogP contribution in [0.15, 0.2) is 29.2 Å². The molecule has 7 nitrogen and oxygen atoms in total. The van der Waals surface area contributed by atoms with Gasteiger partial charge in [0.2, 0.25) is 10.0 Å². The molecule has 100 valence electrons. The van der Waals surface area contributed by atoms with Crippen molar-refractivity contribution in [3.63, 3.8) is 0 Å². The molecule has 0 radical (unpaired) electrons. The summed E-state index contributed by atoms with van der Waals surface area (Å²) in [6.07, 6.45) is 0. The van der Waals surface area contributed by atoms with E-state index in [2.05, 4.69) is 15.0 Å². The average Bonchev–Trinajstić information content (AvgIpc) is 2.34. The van der Waals surface area contributed by atoms with E-state index in [1.54, 1.807) is 0 Å². The van der Waals surface area contributed by atoms with Crippen LogP contribution in [0.1, 0.15) is 6.92 Å². The molecule has 1 aromatic rings. The van der Waals surface area contributed by atoms with Crippen molar-refractivity contribution in [2.45, 2.75) is 11.8 Å². The van der Waals surface area contributed by atoms with Gasteiger partial charge in [0.05, 0.1) is 17.2 Å². The van der Waals surface area contributed by atoms with E-state index in [1.165, 1.54) is 31.2 Å². The number of hydrogen-bond acceptors (Lipinski definition) is 6. The molecule has 18 heavy (non-hydrogen) atoms. The van der Waals surface area contributed by atoms with Crippen LogP contribution in [-0.2, 0) is 19.7 Å². The molecule has 0 aliphatic carbocycles. The molecule has 0 atom stereocenters. The van der Waals surface area contributed by atoms with Gasteiger partial charge in [-0.15, -0.1) is 0 Å². The minimum absolute atomic E-state index is 0.0459. The molecule has 1 aromatic carbocycles. The smallest absolute Gasteiger partial charge is 0.329 e. The lowest BCUT2D eigenvalue weighted by molar-refractivity contribution is -0.138. The SMILES string of the molecule is CC(=O)ONc1ccc(S(=O)(=O)NCCO)cc1. The fraction of sp³-hybridized carbons (Fsp3) is 0.300. The summed E-state index contributed by atoms with van der Waals surface area (Å²) < 4.78 is 25.5. The van der Waals surface area contributed by atoms with Gasteiger partial charge in [0.15, 0.2) is 0 Å². The highest BCUT2D eigenvalue weighted by Crippen LogP contribution is 2.13. The highest BCUT2D eigenvalue weighted by molar-refractivity contribution is 7.89. The quantitative estimate of drug-likeness (QED) is 0.623. The van der Waals surface area contributed by atoms with Crippen LogP contribution in [-0.4, -0.2) is 32.6 Å². The lowest BCUT2D eigenvalue weighted by Gasteiger charge is -2.07. The normalized spacial score (nSPS) is 11.0. The number of rotatable bonds is 6. The van der Waals surface area contributed by atoms with E-state index in [4.69, 9.17) is 5.11 Å². The van der Waals surface area contributed by atoms with E-state index in [1.807, 2.05) is 0 Å². The number of benzene rings is 1. The van der Waals surface area contributed by atoms with Gasteiger partial charge in [0.25, 0.3) is 0 Å². The number of anilines is 1. The standard InChI is InChI=1S/C10H14N2O5S/c1-8(14)17-12-9-2-4-10(5-3-9)18(15,16)11-6-7-13/h2-5,11-13H,6-7H2,1H3. The number of carbonyl (C=O) groups is 1.